The van der Waals surface area contributed by atoms with Crippen molar-refractivity contribution in [2.45, 2.75) is 13.3 Å². The van der Waals surface area contributed by atoms with Crippen LogP contribution in [-0.2, 0) is 9.59 Å². The molecule has 0 spiro atoms. The molecule has 0 bridgehead atoms. The maximum Gasteiger partial charge on any atom is 0.226 e. The molecule has 27 heavy (non-hydrogen) atoms. The van der Waals surface area contributed by atoms with Gasteiger partial charge in [-0.2, -0.15) is 0 Å². The number of rotatable bonds is 8. The number of hydrogen-bond acceptors (Lipinski definition) is 5. The topological polar surface area (TPSA) is 77.1 Å². The van der Waals surface area contributed by atoms with E-state index in [0.717, 1.165) is 0 Å². The van der Waals surface area contributed by atoms with E-state index in [2.05, 4.69) is 5.32 Å². The van der Waals surface area contributed by atoms with E-state index in [9.17, 15) is 9.59 Å². The number of ether oxygens (including phenoxy) is 3. The molecule has 2 aromatic carbocycles. The number of nitrogens with zero attached hydrogens (tertiary/aromatic N) is 1. The Morgan fingerprint density at radius 2 is 1.56 bits per heavy atom. The molecule has 2 aromatic rings. The molecule has 0 aliphatic rings. The fourth-order valence-electron chi connectivity index (χ4n) is 2.57. The van der Waals surface area contributed by atoms with E-state index in [1.165, 1.54) is 18.9 Å². The van der Waals surface area contributed by atoms with E-state index in [4.69, 9.17) is 14.2 Å². The number of anilines is 2. The van der Waals surface area contributed by atoms with Crippen LogP contribution in [0.5, 0.6) is 17.2 Å². The minimum atomic E-state index is -0.201. The molecule has 0 unspecified atom stereocenters. The van der Waals surface area contributed by atoms with Crippen LogP contribution in [0, 0.1) is 0 Å². The third-order valence-corrected chi connectivity index (χ3v) is 3.99. The normalized spacial score (nSPS) is 10.1. The summed E-state index contributed by atoms with van der Waals surface area (Å²) in [5.74, 6) is 1.44. The number of benzene rings is 2. The lowest BCUT2D eigenvalue weighted by molar-refractivity contribution is -0.117. The Kier molecular flexibility index (Phi) is 7.05. The summed E-state index contributed by atoms with van der Waals surface area (Å²) in [6.07, 6.45) is 0.131. The first-order valence-corrected chi connectivity index (χ1v) is 8.42. The predicted octanol–water partition coefficient (Wildman–Crippen LogP) is 3.09. The van der Waals surface area contributed by atoms with Crippen LogP contribution >= 0.6 is 0 Å². The van der Waals surface area contributed by atoms with Crippen molar-refractivity contribution in [2.24, 2.45) is 0 Å². The van der Waals surface area contributed by atoms with Crippen molar-refractivity contribution in [1.29, 1.82) is 0 Å². The van der Waals surface area contributed by atoms with Crippen molar-refractivity contribution >= 4 is 23.2 Å². The first kappa shape index (κ1) is 20.1. The molecule has 2 rings (SSSR count). The van der Waals surface area contributed by atoms with Crippen LogP contribution in [0.2, 0.25) is 0 Å². The van der Waals surface area contributed by atoms with E-state index >= 15 is 0 Å². The molecular formula is C20H24N2O5. The zero-order chi connectivity index (χ0) is 19.8. The minimum Gasteiger partial charge on any atom is -0.497 e. The van der Waals surface area contributed by atoms with Gasteiger partial charge in [-0.1, -0.05) is 0 Å². The van der Waals surface area contributed by atoms with Crippen LogP contribution in [0.1, 0.15) is 13.3 Å². The molecule has 0 aromatic heterocycles. The molecule has 1 N–H and O–H groups in total. The van der Waals surface area contributed by atoms with E-state index in [0.29, 0.717) is 28.6 Å². The molecule has 7 nitrogen and oxygen atoms in total. The van der Waals surface area contributed by atoms with Gasteiger partial charge in [-0.05, 0) is 36.4 Å². The molecule has 0 saturated heterocycles. The van der Waals surface area contributed by atoms with Crippen LogP contribution in [0.25, 0.3) is 0 Å². The average molecular weight is 372 g/mol. The highest BCUT2D eigenvalue weighted by Gasteiger charge is 2.18. The Hall–Kier alpha value is -3.22. The molecule has 0 fully saturated rings. The highest BCUT2D eigenvalue weighted by atomic mass is 16.5. The van der Waals surface area contributed by atoms with Gasteiger partial charge in [-0.3, -0.25) is 9.59 Å². The van der Waals surface area contributed by atoms with Crippen LogP contribution in [0.3, 0.4) is 0 Å². The summed E-state index contributed by atoms with van der Waals surface area (Å²) in [5, 5.41) is 2.80. The number of carbonyl (C=O) groups excluding carboxylic acids is 2. The smallest absolute Gasteiger partial charge is 0.226 e. The lowest BCUT2D eigenvalue weighted by Crippen LogP contribution is -2.32. The van der Waals surface area contributed by atoms with Crippen molar-refractivity contribution in [3.05, 3.63) is 42.5 Å². The number of methoxy groups -OCH3 is 3. The van der Waals surface area contributed by atoms with E-state index in [1.807, 2.05) is 0 Å². The molecule has 7 heteroatoms. The predicted molar refractivity (Wildman–Crippen MR) is 104 cm³/mol. The van der Waals surface area contributed by atoms with Gasteiger partial charge in [-0.25, -0.2) is 0 Å². The van der Waals surface area contributed by atoms with Crippen LogP contribution in [0.4, 0.5) is 11.4 Å². The van der Waals surface area contributed by atoms with Gasteiger partial charge in [0.2, 0.25) is 11.8 Å². The van der Waals surface area contributed by atoms with Crippen molar-refractivity contribution in [1.82, 2.24) is 0 Å². The number of amides is 2. The SMILES string of the molecule is COc1ccc(NC(=O)CCN(C(C)=O)c2cc(OC)ccc2OC)cc1. The van der Waals surface area contributed by atoms with Crippen LogP contribution in [0.15, 0.2) is 42.5 Å². The second kappa shape index (κ2) is 9.47. The third kappa shape index (κ3) is 5.37. The molecule has 144 valence electrons. The summed E-state index contributed by atoms with van der Waals surface area (Å²) in [4.78, 5) is 25.9. The summed E-state index contributed by atoms with van der Waals surface area (Å²) >= 11 is 0. The standard InChI is InChI=1S/C20H24N2O5/c1-14(23)22(18-13-17(26-3)9-10-19(18)27-4)12-11-20(24)21-15-5-7-16(25-2)8-6-15/h5-10,13H,11-12H2,1-4H3,(H,21,24). The first-order chi connectivity index (χ1) is 13.0. The zero-order valence-corrected chi connectivity index (χ0v) is 15.9. The fraction of sp³-hybridized carbons (Fsp3) is 0.300. The summed E-state index contributed by atoms with van der Waals surface area (Å²) < 4.78 is 15.7. The average Bonchev–Trinajstić information content (AvgIpc) is 2.68. The Balaban J connectivity index is 2.08. The Morgan fingerprint density at radius 1 is 0.926 bits per heavy atom. The minimum absolute atomic E-state index is 0.131. The van der Waals surface area contributed by atoms with Crippen LogP contribution < -0.4 is 24.4 Å². The second-order valence-corrected chi connectivity index (χ2v) is 5.74. The van der Waals surface area contributed by atoms with E-state index in [1.54, 1.807) is 56.7 Å². The Bertz CT molecular complexity index is 789. The van der Waals surface area contributed by atoms with Gasteiger partial charge < -0.3 is 24.4 Å². The van der Waals surface area contributed by atoms with Gasteiger partial charge in [0.05, 0.1) is 27.0 Å². The summed E-state index contributed by atoms with van der Waals surface area (Å²) in [6.45, 7) is 1.65. The molecule has 0 aliphatic carbocycles. The maximum absolute atomic E-state index is 12.3. The summed E-state index contributed by atoms with van der Waals surface area (Å²) in [7, 11) is 4.66. The lowest BCUT2D eigenvalue weighted by atomic mass is 10.2. The Morgan fingerprint density at radius 3 is 2.11 bits per heavy atom. The lowest BCUT2D eigenvalue weighted by Gasteiger charge is -2.23. The van der Waals surface area contributed by atoms with E-state index < -0.39 is 0 Å². The van der Waals surface area contributed by atoms with Gasteiger partial charge in [0.15, 0.2) is 0 Å². The fourth-order valence-corrected chi connectivity index (χ4v) is 2.57. The van der Waals surface area contributed by atoms with Gasteiger partial charge in [0, 0.05) is 31.6 Å². The molecule has 2 amide bonds. The van der Waals surface area contributed by atoms with Crippen LogP contribution in [-0.4, -0.2) is 39.7 Å². The number of nitrogens with one attached hydrogen (secondary N) is 1. The van der Waals surface area contributed by atoms with Gasteiger partial charge in [-0.15, -0.1) is 0 Å². The van der Waals surface area contributed by atoms with Gasteiger partial charge >= 0.3 is 0 Å². The number of hydrogen-bond donors (Lipinski definition) is 1. The highest BCUT2D eigenvalue weighted by molar-refractivity contribution is 5.96. The quantitative estimate of drug-likeness (QED) is 0.770. The molecule has 0 radical (unpaired) electrons. The second-order valence-electron chi connectivity index (χ2n) is 5.74. The molecular weight excluding hydrogens is 348 g/mol. The summed E-state index contributed by atoms with van der Waals surface area (Å²) in [6, 6.07) is 12.2. The Labute approximate surface area is 158 Å². The third-order valence-electron chi connectivity index (χ3n) is 3.99. The van der Waals surface area contributed by atoms with Crippen molar-refractivity contribution in [2.75, 3.05) is 38.1 Å². The molecule has 0 heterocycles. The van der Waals surface area contributed by atoms with Crippen molar-refractivity contribution in [3.63, 3.8) is 0 Å². The zero-order valence-electron chi connectivity index (χ0n) is 15.9. The highest BCUT2D eigenvalue weighted by Crippen LogP contribution is 2.32. The van der Waals surface area contributed by atoms with E-state index in [-0.39, 0.29) is 24.8 Å². The van der Waals surface area contributed by atoms with Gasteiger partial charge in [0.25, 0.3) is 0 Å². The van der Waals surface area contributed by atoms with Crippen molar-refractivity contribution in [3.8, 4) is 17.2 Å². The maximum atomic E-state index is 12.3. The first-order valence-electron chi connectivity index (χ1n) is 8.42. The monoisotopic (exact) mass is 372 g/mol. The molecule has 0 atom stereocenters. The molecule has 0 saturated carbocycles. The van der Waals surface area contributed by atoms with Gasteiger partial charge in [0.1, 0.15) is 17.2 Å². The summed E-state index contributed by atoms with van der Waals surface area (Å²) in [5.41, 5.74) is 1.22. The number of carbonyl (C=O) groups is 2. The molecule has 0 aliphatic heterocycles. The van der Waals surface area contributed by atoms with Crippen molar-refractivity contribution < 1.29 is 23.8 Å². The largest absolute Gasteiger partial charge is 0.497 e.